The topological polar surface area (TPSA) is 55.0 Å². The first-order chi connectivity index (χ1) is 11.6. The lowest BCUT2D eigenvalue weighted by Crippen LogP contribution is -2.11. The van der Waals surface area contributed by atoms with Gasteiger partial charge in [0.05, 0.1) is 26.6 Å². The molecule has 1 aromatic heterocycles. The fourth-order valence-corrected chi connectivity index (χ4v) is 4.03. The van der Waals surface area contributed by atoms with Crippen LogP contribution in [-0.4, -0.2) is 16.8 Å². The Balaban J connectivity index is 2.22. The lowest BCUT2D eigenvalue weighted by Gasteiger charge is -2.13. The van der Waals surface area contributed by atoms with Gasteiger partial charge in [-0.15, -0.1) is 0 Å². The van der Waals surface area contributed by atoms with Gasteiger partial charge in [0.15, 0.2) is 0 Å². The number of benzene rings is 2. The summed E-state index contributed by atoms with van der Waals surface area (Å²) in [5, 5.41) is 8.14. The minimum atomic E-state index is -0.246. The van der Waals surface area contributed by atoms with E-state index in [9.17, 15) is 4.79 Å². The number of unbranched alkanes of at least 4 members (excludes halogenated alkanes) is 1. The summed E-state index contributed by atoms with van der Waals surface area (Å²) >= 11 is 7.10. The highest BCUT2D eigenvalue weighted by atomic mass is 79.9. The quantitative estimate of drug-likeness (QED) is 0.536. The van der Waals surface area contributed by atoms with Gasteiger partial charge in [0.25, 0.3) is 5.56 Å². The SMILES string of the molecule is CCCCOc1c(Br)cc2c(-c3ccccc3)n[nH]c(=O)c2c1Br. The minimum Gasteiger partial charge on any atom is -0.491 e. The van der Waals surface area contributed by atoms with E-state index < -0.39 is 0 Å². The number of fused-ring (bicyclic) bond motifs is 1. The Morgan fingerprint density at radius 2 is 1.96 bits per heavy atom. The average Bonchev–Trinajstić information content (AvgIpc) is 2.58. The summed E-state index contributed by atoms with van der Waals surface area (Å²) in [4.78, 5) is 12.4. The van der Waals surface area contributed by atoms with E-state index in [1.165, 1.54) is 0 Å². The molecule has 0 aliphatic carbocycles. The third kappa shape index (κ3) is 3.26. The first kappa shape index (κ1) is 17.2. The third-order valence-electron chi connectivity index (χ3n) is 3.72. The average molecular weight is 452 g/mol. The van der Waals surface area contributed by atoms with Crippen molar-refractivity contribution in [1.29, 1.82) is 0 Å². The van der Waals surface area contributed by atoms with Gasteiger partial charge < -0.3 is 4.74 Å². The van der Waals surface area contributed by atoms with E-state index in [-0.39, 0.29) is 5.56 Å². The number of hydrogen-bond donors (Lipinski definition) is 1. The molecule has 6 heteroatoms. The van der Waals surface area contributed by atoms with Crippen LogP contribution in [0.4, 0.5) is 0 Å². The van der Waals surface area contributed by atoms with Crippen LogP contribution < -0.4 is 10.3 Å². The van der Waals surface area contributed by atoms with Crippen LogP contribution in [0.25, 0.3) is 22.0 Å². The summed E-state index contributed by atoms with van der Waals surface area (Å²) in [5.74, 6) is 0.645. The molecule has 0 saturated carbocycles. The number of rotatable bonds is 5. The molecule has 0 spiro atoms. The molecule has 2 aromatic carbocycles. The van der Waals surface area contributed by atoms with E-state index in [0.29, 0.717) is 22.2 Å². The number of aromatic amines is 1. The maximum Gasteiger partial charge on any atom is 0.273 e. The van der Waals surface area contributed by atoms with E-state index in [0.717, 1.165) is 34.0 Å². The largest absolute Gasteiger partial charge is 0.491 e. The molecule has 24 heavy (non-hydrogen) atoms. The van der Waals surface area contributed by atoms with Gasteiger partial charge in [-0.05, 0) is 44.3 Å². The molecule has 3 aromatic rings. The van der Waals surface area contributed by atoms with Gasteiger partial charge in [-0.3, -0.25) is 4.79 Å². The van der Waals surface area contributed by atoms with Crippen LogP contribution in [-0.2, 0) is 0 Å². The molecule has 0 amide bonds. The standard InChI is InChI=1S/C18H16Br2N2O2/c1-2-3-9-24-17-13(19)10-12-14(15(17)20)18(23)22-21-16(12)11-7-5-4-6-8-11/h4-8,10H,2-3,9H2,1H3,(H,22,23). The van der Waals surface area contributed by atoms with Crippen molar-refractivity contribution in [3.8, 4) is 17.0 Å². The molecule has 124 valence electrons. The molecule has 1 heterocycles. The van der Waals surface area contributed by atoms with Crippen molar-refractivity contribution in [1.82, 2.24) is 10.2 Å². The van der Waals surface area contributed by atoms with Crippen LogP contribution in [0.15, 0.2) is 50.1 Å². The third-order valence-corrected chi connectivity index (χ3v) is 5.06. The normalized spacial score (nSPS) is 11.0. The molecule has 1 N–H and O–H groups in total. The Morgan fingerprint density at radius 1 is 1.21 bits per heavy atom. The van der Waals surface area contributed by atoms with Crippen LogP contribution in [0.1, 0.15) is 19.8 Å². The Morgan fingerprint density at radius 3 is 2.67 bits per heavy atom. The molecule has 0 aliphatic rings. The van der Waals surface area contributed by atoms with E-state index in [1.807, 2.05) is 36.4 Å². The first-order valence-electron chi connectivity index (χ1n) is 7.72. The van der Waals surface area contributed by atoms with Crippen molar-refractivity contribution in [3.63, 3.8) is 0 Å². The lowest BCUT2D eigenvalue weighted by atomic mass is 10.0. The van der Waals surface area contributed by atoms with Crippen LogP contribution >= 0.6 is 31.9 Å². The van der Waals surface area contributed by atoms with E-state index >= 15 is 0 Å². The zero-order valence-electron chi connectivity index (χ0n) is 13.1. The molecule has 4 nitrogen and oxygen atoms in total. The van der Waals surface area contributed by atoms with Crippen molar-refractivity contribution >= 4 is 42.6 Å². The number of nitrogens with zero attached hydrogens (tertiary/aromatic N) is 1. The highest BCUT2D eigenvalue weighted by molar-refractivity contribution is 9.11. The minimum absolute atomic E-state index is 0.246. The molecular weight excluding hydrogens is 436 g/mol. The predicted molar refractivity (Wildman–Crippen MR) is 104 cm³/mol. The molecule has 0 saturated heterocycles. The number of H-pyrrole nitrogens is 1. The van der Waals surface area contributed by atoms with E-state index in [4.69, 9.17) is 4.74 Å². The monoisotopic (exact) mass is 450 g/mol. The fraction of sp³-hybridized carbons (Fsp3) is 0.222. The van der Waals surface area contributed by atoms with Crippen molar-refractivity contribution in [2.75, 3.05) is 6.61 Å². The summed E-state index contributed by atoms with van der Waals surface area (Å²) in [6.07, 6.45) is 2.00. The van der Waals surface area contributed by atoms with Crippen molar-refractivity contribution in [2.24, 2.45) is 0 Å². The summed E-state index contributed by atoms with van der Waals surface area (Å²) in [6, 6.07) is 11.7. The molecule has 3 rings (SSSR count). The second kappa shape index (κ2) is 7.49. The van der Waals surface area contributed by atoms with Gasteiger partial charge in [0.1, 0.15) is 5.75 Å². The van der Waals surface area contributed by atoms with Gasteiger partial charge in [-0.2, -0.15) is 5.10 Å². The zero-order valence-corrected chi connectivity index (χ0v) is 16.3. The molecular formula is C18H16Br2N2O2. The van der Waals surface area contributed by atoms with E-state index in [1.54, 1.807) is 0 Å². The molecule has 0 atom stereocenters. The Hall–Kier alpha value is -1.66. The van der Waals surface area contributed by atoms with Crippen molar-refractivity contribution in [3.05, 3.63) is 55.7 Å². The number of aromatic nitrogens is 2. The number of halogens is 2. The number of ether oxygens (including phenoxy) is 1. The van der Waals surface area contributed by atoms with Crippen molar-refractivity contribution in [2.45, 2.75) is 19.8 Å². The lowest BCUT2D eigenvalue weighted by molar-refractivity contribution is 0.306. The molecule has 0 aliphatic heterocycles. The number of hydrogen-bond acceptors (Lipinski definition) is 3. The number of nitrogens with one attached hydrogen (secondary N) is 1. The highest BCUT2D eigenvalue weighted by Gasteiger charge is 2.18. The van der Waals surface area contributed by atoms with Gasteiger partial charge in [0, 0.05) is 10.9 Å². The fourth-order valence-electron chi connectivity index (χ4n) is 2.50. The van der Waals surface area contributed by atoms with Gasteiger partial charge in [-0.1, -0.05) is 43.7 Å². The van der Waals surface area contributed by atoms with E-state index in [2.05, 4.69) is 49.0 Å². The highest BCUT2D eigenvalue weighted by Crippen LogP contribution is 2.40. The summed E-state index contributed by atoms with van der Waals surface area (Å²) in [7, 11) is 0. The maximum atomic E-state index is 12.4. The Kier molecular flexibility index (Phi) is 5.36. The van der Waals surface area contributed by atoms with Crippen LogP contribution in [0.2, 0.25) is 0 Å². The molecule has 0 bridgehead atoms. The van der Waals surface area contributed by atoms with Crippen LogP contribution in [0.3, 0.4) is 0 Å². The summed E-state index contributed by atoms with van der Waals surface area (Å²) < 4.78 is 7.29. The predicted octanol–water partition coefficient (Wildman–Crippen LogP) is 5.29. The molecule has 0 radical (unpaired) electrons. The summed E-state index contributed by atoms with van der Waals surface area (Å²) in [6.45, 7) is 2.71. The second-order valence-electron chi connectivity index (χ2n) is 5.39. The van der Waals surface area contributed by atoms with Gasteiger partial charge >= 0.3 is 0 Å². The second-order valence-corrected chi connectivity index (χ2v) is 7.04. The Labute approximate surface area is 156 Å². The van der Waals surface area contributed by atoms with Crippen molar-refractivity contribution < 1.29 is 4.74 Å². The van der Waals surface area contributed by atoms with Crippen LogP contribution in [0, 0.1) is 0 Å². The Bertz CT molecular complexity index is 924. The maximum absolute atomic E-state index is 12.4. The molecule has 0 fully saturated rings. The smallest absolute Gasteiger partial charge is 0.273 e. The van der Waals surface area contributed by atoms with Gasteiger partial charge in [0.2, 0.25) is 0 Å². The summed E-state index contributed by atoms with van der Waals surface area (Å²) in [5.41, 5.74) is 1.42. The van der Waals surface area contributed by atoms with Crippen LogP contribution in [0.5, 0.6) is 5.75 Å². The zero-order chi connectivity index (χ0) is 17.1. The molecule has 0 unspecified atom stereocenters. The first-order valence-corrected chi connectivity index (χ1v) is 9.30. The van der Waals surface area contributed by atoms with Gasteiger partial charge in [-0.25, -0.2) is 5.10 Å².